The van der Waals surface area contributed by atoms with Crippen LogP contribution in [-0.4, -0.2) is 31.1 Å². The zero-order valence-corrected chi connectivity index (χ0v) is 13.4. The summed E-state index contributed by atoms with van der Waals surface area (Å²) in [6.45, 7) is 11.6. The van der Waals surface area contributed by atoms with Crippen molar-refractivity contribution in [2.24, 2.45) is 5.92 Å². The normalized spacial score (nSPS) is 19.1. The number of nitrogens with zero attached hydrogens (tertiary/aromatic N) is 1. The van der Waals surface area contributed by atoms with Crippen molar-refractivity contribution in [1.29, 1.82) is 0 Å². The van der Waals surface area contributed by atoms with E-state index in [0.717, 1.165) is 12.5 Å². The van der Waals surface area contributed by atoms with E-state index in [1.165, 1.54) is 50.0 Å². The summed E-state index contributed by atoms with van der Waals surface area (Å²) in [4.78, 5) is 2.64. The lowest BCUT2D eigenvalue weighted by atomic mass is 9.98. The van der Waals surface area contributed by atoms with Gasteiger partial charge in [0.25, 0.3) is 0 Å². The van der Waals surface area contributed by atoms with E-state index in [1.807, 2.05) is 0 Å². The van der Waals surface area contributed by atoms with Crippen LogP contribution in [0.5, 0.6) is 0 Å². The average molecular weight is 274 g/mol. The van der Waals surface area contributed by atoms with E-state index in [4.69, 9.17) is 0 Å². The topological polar surface area (TPSA) is 15.3 Å². The highest BCUT2D eigenvalue weighted by Gasteiger charge is 2.17. The van der Waals surface area contributed by atoms with E-state index < -0.39 is 0 Å². The lowest BCUT2D eigenvalue weighted by Crippen LogP contribution is -2.35. The minimum absolute atomic E-state index is 0.500. The number of aryl methyl sites for hydroxylation is 1. The second kappa shape index (κ2) is 7.80. The molecule has 0 aliphatic carbocycles. The van der Waals surface area contributed by atoms with Crippen LogP contribution >= 0.6 is 0 Å². The number of rotatable bonds is 6. The fourth-order valence-electron chi connectivity index (χ4n) is 3.03. The average Bonchev–Trinajstić information content (AvgIpc) is 2.46. The molecule has 1 aromatic carbocycles. The fourth-order valence-corrected chi connectivity index (χ4v) is 3.03. The predicted octanol–water partition coefficient (Wildman–Crippen LogP) is 3.77. The molecular weight excluding hydrogens is 244 g/mol. The highest BCUT2D eigenvalue weighted by atomic mass is 15.1. The van der Waals surface area contributed by atoms with Crippen molar-refractivity contribution in [3.8, 4) is 0 Å². The summed E-state index contributed by atoms with van der Waals surface area (Å²) in [5.74, 6) is 0.924. The summed E-state index contributed by atoms with van der Waals surface area (Å²) in [5.41, 5.74) is 2.77. The number of likely N-dealkylation sites (tertiary alicyclic amines) is 1. The Balaban J connectivity index is 1.87. The Morgan fingerprint density at radius 2 is 1.85 bits per heavy atom. The molecule has 0 saturated carbocycles. The van der Waals surface area contributed by atoms with Crippen LogP contribution in [0.4, 0.5) is 0 Å². The molecule has 0 bridgehead atoms. The SMILES string of the molecule is CCNC(CCN1CCC(C)CC1)c1ccc(C)cc1. The molecule has 20 heavy (non-hydrogen) atoms. The van der Waals surface area contributed by atoms with Crippen LogP contribution in [0.1, 0.15) is 50.3 Å². The van der Waals surface area contributed by atoms with Gasteiger partial charge in [0.2, 0.25) is 0 Å². The Kier molecular flexibility index (Phi) is 6.06. The second-order valence-corrected chi connectivity index (χ2v) is 6.33. The van der Waals surface area contributed by atoms with Crippen LogP contribution in [0.25, 0.3) is 0 Å². The molecule has 1 fully saturated rings. The van der Waals surface area contributed by atoms with Gasteiger partial charge in [0.05, 0.1) is 0 Å². The van der Waals surface area contributed by atoms with E-state index in [9.17, 15) is 0 Å². The number of piperidine rings is 1. The van der Waals surface area contributed by atoms with Crippen molar-refractivity contribution in [1.82, 2.24) is 10.2 Å². The van der Waals surface area contributed by atoms with E-state index in [1.54, 1.807) is 0 Å². The molecule has 1 N–H and O–H groups in total. The Bertz CT molecular complexity index is 377. The maximum atomic E-state index is 3.64. The smallest absolute Gasteiger partial charge is 0.0332 e. The standard InChI is InChI=1S/C18H30N2/c1-4-19-18(17-7-5-15(2)6-8-17)11-14-20-12-9-16(3)10-13-20/h5-8,16,18-19H,4,9-14H2,1-3H3. The van der Waals surface area contributed by atoms with Crippen molar-refractivity contribution >= 4 is 0 Å². The van der Waals surface area contributed by atoms with Gasteiger partial charge in [-0.2, -0.15) is 0 Å². The van der Waals surface area contributed by atoms with Crippen LogP contribution in [-0.2, 0) is 0 Å². The minimum Gasteiger partial charge on any atom is -0.310 e. The monoisotopic (exact) mass is 274 g/mol. The maximum Gasteiger partial charge on any atom is 0.0332 e. The zero-order chi connectivity index (χ0) is 14.4. The van der Waals surface area contributed by atoms with Gasteiger partial charge in [0, 0.05) is 6.04 Å². The first kappa shape index (κ1) is 15.5. The summed E-state index contributed by atoms with van der Waals surface area (Å²) < 4.78 is 0. The summed E-state index contributed by atoms with van der Waals surface area (Å²) >= 11 is 0. The third-order valence-electron chi connectivity index (χ3n) is 4.54. The van der Waals surface area contributed by atoms with Crippen molar-refractivity contribution in [3.05, 3.63) is 35.4 Å². The first-order valence-electron chi connectivity index (χ1n) is 8.21. The molecule has 1 unspecified atom stereocenters. The van der Waals surface area contributed by atoms with Gasteiger partial charge in [-0.05, 0) is 63.8 Å². The van der Waals surface area contributed by atoms with Gasteiger partial charge in [-0.15, -0.1) is 0 Å². The number of hydrogen-bond donors (Lipinski definition) is 1. The molecule has 1 aliphatic heterocycles. The molecule has 1 aliphatic rings. The summed E-state index contributed by atoms with van der Waals surface area (Å²) in [7, 11) is 0. The number of hydrogen-bond acceptors (Lipinski definition) is 2. The van der Waals surface area contributed by atoms with Gasteiger partial charge in [-0.25, -0.2) is 0 Å². The van der Waals surface area contributed by atoms with Crippen molar-refractivity contribution in [2.45, 2.75) is 46.1 Å². The molecular formula is C18H30N2. The molecule has 1 atom stereocenters. The Morgan fingerprint density at radius 1 is 1.20 bits per heavy atom. The third kappa shape index (κ3) is 4.60. The van der Waals surface area contributed by atoms with Gasteiger partial charge < -0.3 is 10.2 Å². The van der Waals surface area contributed by atoms with Crippen LogP contribution in [0, 0.1) is 12.8 Å². The summed E-state index contributed by atoms with van der Waals surface area (Å²) in [5, 5.41) is 3.64. The first-order valence-corrected chi connectivity index (χ1v) is 8.21. The molecule has 0 aromatic heterocycles. The fraction of sp³-hybridized carbons (Fsp3) is 0.667. The van der Waals surface area contributed by atoms with E-state index in [-0.39, 0.29) is 0 Å². The molecule has 2 nitrogen and oxygen atoms in total. The Labute approximate surface area is 124 Å². The quantitative estimate of drug-likeness (QED) is 0.849. The summed E-state index contributed by atoms with van der Waals surface area (Å²) in [6, 6.07) is 9.51. The summed E-state index contributed by atoms with van der Waals surface area (Å²) in [6.07, 6.45) is 3.96. The van der Waals surface area contributed by atoms with Gasteiger partial charge in [-0.1, -0.05) is 43.7 Å². The number of benzene rings is 1. The molecule has 1 heterocycles. The lowest BCUT2D eigenvalue weighted by molar-refractivity contribution is 0.184. The second-order valence-electron chi connectivity index (χ2n) is 6.33. The largest absolute Gasteiger partial charge is 0.310 e. The predicted molar refractivity (Wildman–Crippen MR) is 87.1 cm³/mol. The Hall–Kier alpha value is -0.860. The van der Waals surface area contributed by atoms with Gasteiger partial charge >= 0.3 is 0 Å². The van der Waals surface area contributed by atoms with Crippen LogP contribution < -0.4 is 5.32 Å². The van der Waals surface area contributed by atoms with E-state index in [2.05, 4.69) is 55.3 Å². The van der Waals surface area contributed by atoms with Crippen LogP contribution in [0.3, 0.4) is 0 Å². The van der Waals surface area contributed by atoms with Gasteiger partial charge in [0.1, 0.15) is 0 Å². The molecule has 1 aromatic rings. The zero-order valence-electron chi connectivity index (χ0n) is 13.4. The first-order chi connectivity index (χ1) is 9.69. The molecule has 0 spiro atoms. The molecule has 2 rings (SSSR count). The highest BCUT2D eigenvalue weighted by molar-refractivity contribution is 5.24. The molecule has 2 heteroatoms. The van der Waals surface area contributed by atoms with Crippen molar-refractivity contribution in [2.75, 3.05) is 26.2 Å². The van der Waals surface area contributed by atoms with Crippen LogP contribution in [0.2, 0.25) is 0 Å². The maximum absolute atomic E-state index is 3.64. The van der Waals surface area contributed by atoms with Crippen molar-refractivity contribution < 1.29 is 0 Å². The van der Waals surface area contributed by atoms with Crippen molar-refractivity contribution in [3.63, 3.8) is 0 Å². The van der Waals surface area contributed by atoms with E-state index >= 15 is 0 Å². The lowest BCUT2D eigenvalue weighted by Gasteiger charge is -2.31. The van der Waals surface area contributed by atoms with Crippen LogP contribution in [0.15, 0.2) is 24.3 Å². The molecule has 112 valence electrons. The Morgan fingerprint density at radius 3 is 2.45 bits per heavy atom. The number of nitrogens with one attached hydrogen (secondary N) is 1. The molecule has 0 amide bonds. The third-order valence-corrected chi connectivity index (χ3v) is 4.54. The highest BCUT2D eigenvalue weighted by Crippen LogP contribution is 2.21. The van der Waals surface area contributed by atoms with Gasteiger partial charge in [0.15, 0.2) is 0 Å². The molecule has 0 radical (unpaired) electrons. The van der Waals surface area contributed by atoms with E-state index in [0.29, 0.717) is 6.04 Å². The minimum atomic E-state index is 0.500. The van der Waals surface area contributed by atoms with Gasteiger partial charge in [-0.3, -0.25) is 0 Å². The molecule has 1 saturated heterocycles.